The molecule has 0 aliphatic carbocycles. The van der Waals surface area contributed by atoms with Crippen LogP contribution >= 0.6 is 0 Å². The van der Waals surface area contributed by atoms with E-state index in [1.165, 1.54) is 12.0 Å². The maximum absolute atomic E-state index is 11.5. The third-order valence-corrected chi connectivity index (χ3v) is 2.83. The second kappa shape index (κ2) is 5.29. The van der Waals surface area contributed by atoms with Crippen LogP contribution in [0.4, 0.5) is 10.5 Å². The quantitative estimate of drug-likeness (QED) is 0.810. The predicted octanol–water partition coefficient (Wildman–Crippen LogP) is 3.20. The molecule has 0 unspecified atom stereocenters. The molecule has 0 heterocycles. The molecule has 4 heteroatoms. The molecule has 0 fully saturated rings. The van der Waals surface area contributed by atoms with Gasteiger partial charge in [0.1, 0.15) is 5.75 Å². The van der Waals surface area contributed by atoms with E-state index in [-0.39, 0.29) is 11.5 Å². The fraction of sp³-hybridized carbons (Fsp3) is 0.500. The second-order valence-electron chi connectivity index (χ2n) is 5.16. The first kappa shape index (κ1) is 14.4. The molecule has 0 radical (unpaired) electrons. The van der Waals surface area contributed by atoms with Crippen molar-refractivity contribution < 1.29 is 14.3 Å². The van der Waals surface area contributed by atoms with Crippen LogP contribution in [0.25, 0.3) is 0 Å². The van der Waals surface area contributed by atoms with Crippen molar-refractivity contribution in [2.24, 2.45) is 0 Å². The molecule has 1 amide bonds. The summed E-state index contributed by atoms with van der Waals surface area (Å²) in [4.78, 5) is 13.0. The van der Waals surface area contributed by atoms with Crippen molar-refractivity contribution in [3.63, 3.8) is 0 Å². The number of carbonyl (C=O) groups is 1. The molecule has 100 valence electrons. The fourth-order valence-electron chi connectivity index (χ4n) is 1.73. The molecular weight excluding hydrogens is 230 g/mol. The Hall–Kier alpha value is -1.71. The maximum atomic E-state index is 11.5. The van der Waals surface area contributed by atoms with E-state index in [1.54, 1.807) is 14.2 Å². The van der Waals surface area contributed by atoms with Crippen molar-refractivity contribution >= 4 is 11.8 Å². The van der Waals surface area contributed by atoms with Gasteiger partial charge < -0.3 is 9.47 Å². The molecular formula is C14H21NO3. The zero-order valence-corrected chi connectivity index (χ0v) is 11.9. The van der Waals surface area contributed by atoms with E-state index in [1.807, 2.05) is 18.2 Å². The summed E-state index contributed by atoms with van der Waals surface area (Å²) < 4.78 is 10.1. The van der Waals surface area contributed by atoms with E-state index in [0.717, 1.165) is 17.0 Å². The largest absolute Gasteiger partial charge is 0.496 e. The van der Waals surface area contributed by atoms with E-state index in [9.17, 15) is 4.79 Å². The molecule has 0 saturated carbocycles. The van der Waals surface area contributed by atoms with Gasteiger partial charge in [0, 0.05) is 18.3 Å². The van der Waals surface area contributed by atoms with E-state index in [4.69, 9.17) is 9.47 Å². The Labute approximate surface area is 108 Å². The molecule has 4 nitrogen and oxygen atoms in total. The van der Waals surface area contributed by atoms with Crippen LogP contribution in [0.3, 0.4) is 0 Å². The summed E-state index contributed by atoms with van der Waals surface area (Å²) in [6.45, 7) is 6.31. The van der Waals surface area contributed by atoms with Gasteiger partial charge in [-0.25, -0.2) is 4.79 Å². The Morgan fingerprint density at radius 3 is 2.28 bits per heavy atom. The number of hydrogen-bond donors (Lipinski definition) is 0. The summed E-state index contributed by atoms with van der Waals surface area (Å²) >= 11 is 0. The minimum atomic E-state index is -0.389. The van der Waals surface area contributed by atoms with Crippen LogP contribution in [-0.2, 0) is 10.2 Å². The van der Waals surface area contributed by atoms with Crippen molar-refractivity contribution in [1.82, 2.24) is 0 Å². The Bertz CT molecular complexity index is 435. The fourth-order valence-corrected chi connectivity index (χ4v) is 1.73. The zero-order valence-electron chi connectivity index (χ0n) is 11.9. The first-order chi connectivity index (χ1) is 8.31. The first-order valence-electron chi connectivity index (χ1n) is 5.81. The number of benzene rings is 1. The minimum absolute atomic E-state index is 0.0572. The Kier molecular flexibility index (Phi) is 4.22. The average molecular weight is 251 g/mol. The number of ether oxygens (including phenoxy) is 2. The topological polar surface area (TPSA) is 38.8 Å². The average Bonchev–Trinajstić information content (AvgIpc) is 2.35. The van der Waals surface area contributed by atoms with Gasteiger partial charge in [0.2, 0.25) is 0 Å². The molecule has 0 spiro atoms. The van der Waals surface area contributed by atoms with Crippen molar-refractivity contribution in [2.45, 2.75) is 26.2 Å². The lowest BCUT2D eigenvalue weighted by Gasteiger charge is -2.24. The summed E-state index contributed by atoms with van der Waals surface area (Å²) in [5.74, 6) is 0.824. The first-order valence-corrected chi connectivity index (χ1v) is 5.81. The van der Waals surface area contributed by atoms with Crippen LogP contribution < -0.4 is 9.64 Å². The van der Waals surface area contributed by atoms with Gasteiger partial charge in [0.15, 0.2) is 0 Å². The second-order valence-corrected chi connectivity index (χ2v) is 5.16. The lowest BCUT2D eigenvalue weighted by atomic mass is 9.86. The molecule has 1 aromatic rings. The lowest BCUT2D eigenvalue weighted by molar-refractivity contribution is 0.180. The molecule has 0 bridgehead atoms. The summed E-state index contributed by atoms with van der Waals surface area (Å²) in [5.41, 5.74) is 1.78. The standard InChI is InChI=1S/C14H21NO3/c1-14(2,3)11-9-10(7-8-12(11)17-5)15(4)13(16)18-6/h7-9H,1-6H3. The molecule has 0 atom stereocenters. The predicted molar refractivity (Wildman–Crippen MR) is 72.5 cm³/mol. The van der Waals surface area contributed by atoms with Crippen LogP contribution in [0, 0.1) is 0 Å². The monoisotopic (exact) mass is 251 g/mol. The van der Waals surface area contributed by atoms with E-state index >= 15 is 0 Å². The molecule has 0 aromatic heterocycles. The van der Waals surface area contributed by atoms with E-state index < -0.39 is 0 Å². The van der Waals surface area contributed by atoms with Gasteiger partial charge in [-0.3, -0.25) is 4.90 Å². The van der Waals surface area contributed by atoms with Crippen LogP contribution in [0.2, 0.25) is 0 Å². The number of anilines is 1. The highest BCUT2D eigenvalue weighted by Crippen LogP contribution is 2.34. The van der Waals surface area contributed by atoms with Crippen molar-refractivity contribution in [2.75, 3.05) is 26.2 Å². The summed E-state index contributed by atoms with van der Waals surface area (Å²) in [5, 5.41) is 0. The smallest absolute Gasteiger partial charge is 0.413 e. The van der Waals surface area contributed by atoms with E-state index in [0.29, 0.717) is 0 Å². The van der Waals surface area contributed by atoms with Crippen molar-refractivity contribution in [1.29, 1.82) is 0 Å². The molecule has 0 N–H and O–H groups in total. The number of nitrogens with zero attached hydrogens (tertiary/aromatic N) is 1. The number of carbonyl (C=O) groups excluding carboxylic acids is 1. The molecule has 0 aliphatic heterocycles. The zero-order chi connectivity index (χ0) is 13.9. The lowest BCUT2D eigenvalue weighted by Crippen LogP contribution is -2.26. The molecule has 0 saturated heterocycles. The summed E-state index contributed by atoms with van der Waals surface area (Å²) in [6.07, 6.45) is -0.389. The van der Waals surface area contributed by atoms with Gasteiger partial charge in [-0.2, -0.15) is 0 Å². The number of hydrogen-bond acceptors (Lipinski definition) is 3. The summed E-state index contributed by atoms with van der Waals surface area (Å²) in [6, 6.07) is 5.66. The molecule has 1 rings (SSSR count). The minimum Gasteiger partial charge on any atom is -0.496 e. The van der Waals surface area contributed by atoms with Crippen molar-refractivity contribution in [3.8, 4) is 5.75 Å². The van der Waals surface area contributed by atoms with Crippen LogP contribution in [0.5, 0.6) is 5.75 Å². The summed E-state index contributed by atoms with van der Waals surface area (Å²) in [7, 11) is 4.70. The van der Waals surface area contributed by atoms with Crippen LogP contribution in [0.15, 0.2) is 18.2 Å². The van der Waals surface area contributed by atoms with E-state index in [2.05, 4.69) is 20.8 Å². The third kappa shape index (κ3) is 2.94. The third-order valence-electron chi connectivity index (χ3n) is 2.83. The highest BCUT2D eigenvalue weighted by Gasteiger charge is 2.21. The van der Waals surface area contributed by atoms with Gasteiger partial charge in [-0.05, 0) is 23.6 Å². The van der Waals surface area contributed by atoms with Crippen LogP contribution in [0.1, 0.15) is 26.3 Å². The Morgan fingerprint density at radius 2 is 1.83 bits per heavy atom. The van der Waals surface area contributed by atoms with Gasteiger partial charge in [0.25, 0.3) is 0 Å². The number of amides is 1. The van der Waals surface area contributed by atoms with Gasteiger partial charge in [-0.1, -0.05) is 20.8 Å². The molecule has 1 aromatic carbocycles. The highest BCUT2D eigenvalue weighted by atomic mass is 16.5. The van der Waals surface area contributed by atoms with Crippen LogP contribution in [-0.4, -0.2) is 27.4 Å². The number of methoxy groups -OCH3 is 2. The normalized spacial score (nSPS) is 11.0. The Balaban J connectivity index is 3.23. The van der Waals surface area contributed by atoms with Gasteiger partial charge >= 0.3 is 6.09 Å². The maximum Gasteiger partial charge on any atom is 0.413 e. The van der Waals surface area contributed by atoms with Crippen molar-refractivity contribution in [3.05, 3.63) is 23.8 Å². The van der Waals surface area contributed by atoms with Gasteiger partial charge in [-0.15, -0.1) is 0 Å². The number of rotatable bonds is 2. The Morgan fingerprint density at radius 1 is 1.22 bits per heavy atom. The molecule has 0 aliphatic rings. The molecule has 18 heavy (non-hydrogen) atoms. The SMILES string of the molecule is COC(=O)N(C)c1ccc(OC)c(C(C)(C)C)c1. The van der Waals surface area contributed by atoms with Gasteiger partial charge in [0.05, 0.1) is 14.2 Å². The highest BCUT2D eigenvalue weighted by molar-refractivity contribution is 5.87.